The smallest absolute Gasteiger partial charge is 0.410 e. The van der Waals surface area contributed by atoms with Gasteiger partial charge in [-0.15, -0.1) is 0 Å². The highest BCUT2D eigenvalue weighted by atomic mass is 16.6. The molecule has 0 saturated carbocycles. The molecule has 114 valence electrons. The first kappa shape index (κ1) is 18.2. The van der Waals surface area contributed by atoms with Crippen molar-refractivity contribution in [2.75, 3.05) is 20.1 Å². The van der Waals surface area contributed by atoms with Crippen LogP contribution in [0, 0.1) is 5.92 Å². The summed E-state index contributed by atoms with van der Waals surface area (Å²) in [5.74, 6) is 0.715. The SMILES string of the molecule is CC(C)CC(C)NCCCN(C)C(=O)OC(C)(C)C. The number of rotatable bonds is 7. The number of nitrogens with zero attached hydrogens (tertiary/aromatic N) is 1. The van der Waals surface area contributed by atoms with E-state index in [4.69, 9.17) is 4.74 Å². The Balaban J connectivity index is 3.74. The highest BCUT2D eigenvalue weighted by Crippen LogP contribution is 2.09. The van der Waals surface area contributed by atoms with Crippen molar-refractivity contribution in [3.05, 3.63) is 0 Å². The van der Waals surface area contributed by atoms with Crippen molar-refractivity contribution in [3.8, 4) is 0 Å². The molecule has 0 radical (unpaired) electrons. The van der Waals surface area contributed by atoms with Gasteiger partial charge in [0.25, 0.3) is 0 Å². The van der Waals surface area contributed by atoms with E-state index in [9.17, 15) is 4.79 Å². The second-order valence-corrected chi connectivity index (χ2v) is 6.74. The van der Waals surface area contributed by atoms with Crippen LogP contribution in [0.25, 0.3) is 0 Å². The fourth-order valence-corrected chi connectivity index (χ4v) is 1.89. The van der Waals surface area contributed by atoms with E-state index in [-0.39, 0.29) is 6.09 Å². The molecule has 0 aromatic carbocycles. The number of amides is 1. The molecule has 1 unspecified atom stereocenters. The topological polar surface area (TPSA) is 41.6 Å². The Labute approximate surface area is 118 Å². The zero-order valence-electron chi connectivity index (χ0n) is 13.7. The fraction of sp³-hybridized carbons (Fsp3) is 0.933. The molecule has 0 bridgehead atoms. The average Bonchev–Trinajstić information content (AvgIpc) is 2.20. The number of nitrogens with one attached hydrogen (secondary N) is 1. The molecule has 0 saturated heterocycles. The van der Waals surface area contributed by atoms with Crippen LogP contribution < -0.4 is 5.32 Å². The van der Waals surface area contributed by atoms with Gasteiger partial charge in [0, 0.05) is 19.6 Å². The van der Waals surface area contributed by atoms with Gasteiger partial charge in [-0.1, -0.05) is 13.8 Å². The lowest BCUT2D eigenvalue weighted by atomic mass is 10.1. The molecule has 4 nitrogen and oxygen atoms in total. The number of carbonyl (C=O) groups excluding carboxylic acids is 1. The van der Waals surface area contributed by atoms with Gasteiger partial charge in [0.15, 0.2) is 0 Å². The molecule has 0 aromatic rings. The van der Waals surface area contributed by atoms with E-state index in [2.05, 4.69) is 26.1 Å². The molecule has 0 spiro atoms. The Kier molecular flexibility index (Phi) is 8.07. The summed E-state index contributed by atoms with van der Waals surface area (Å²) in [5.41, 5.74) is -0.421. The van der Waals surface area contributed by atoms with Crippen molar-refractivity contribution in [1.29, 1.82) is 0 Å². The third-order valence-corrected chi connectivity index (χ3v) is 2.69. The lowest BCUT2D eigenvalue weighted by Gasteiger charge is -2.25. The fourth-order valence-electron chi connectivity index (χ4n) is 1.89. The molecule has 0 fully saturated rings. The van der Waals surface area contributed by atoms with Crippen LogP contribution in [0.4, 0.5) is 4.79 Å². The van der Waals surface area contributed by atoms with Gasteiger partial charge < -0.3 is 15.0 Å². The van der Waals surface area contributed by atoms with Crippen LogP contribution in [-0.2, 0) is 4.74 Å². The molecule has 0 aliphatic rings. The molecule has 1 atom stereocenters. The molecule has 1 amide bonds. The lowest BCUT2D eigenvalue weighted by Crippen LogP contribution is -2.36. The minimum atomic E-state index is -0.421. The summed E-state index contributed by atoms with van der Waals surface area (Å²) in [4.78, 5) is 13.4. The van der Waals surface area contributed by atoms with Crippen molar-refractivity contribution in [3.63, 3.8) is 0 Å². The Morgan fingerprint density at radius 2 is 1.84 bits per heavy atom. The number of hydrogen-bond acceptors (Lipinski definition) is 3. The number of ether oxygens (including phenoxy) is 1. The first-order valence-corrected chi connectivity index (χ1v) is 7.29. The molecule has 1 N–H and O–H groups in total. The number of carbonyl (C=O) groups is 1. The summed E-state index contributed by atoms with van der Waals surface area (Å²) in [6.45, 7) is 14.0. The molecule has 0 heterocycles. The van der Waals surface area contributed by atoms with Crippen LogP contribution in [-0.4, -0.2) is 42.8 Å². The lowest BCUT2D eigenvalue weighted by molar-refractivity contribution is 0.0297. The average molecular weight is 272 g/mol. The standard InChI is InChI=1S/C15H32N2O2/c1-12(2)11-13(3)16-9-8-10-17(7)14(18)19-15(4,5)6/h12-13,16H,8-11H2,1-7H3. The molecule has 0 aliphatic heterocycles. The Bertz CT molecular complexity index is 259. The van der Waals surface area contributed by atoms with Gasteiger partial charge in [0.2, 0.25) is 0 Å². The minimum Gasteiger partial charge on any atom is -0.444 e. The minimum absolute atomic E-state index is 0.247. The summed E-state index contributed by atoms with van der Waals surface area (Å²) in [6.07, 6.45) is 1.88. The van der Waals surface area contributed by atoms with E-state index >= 15 is 0 Å². The van der Waals surface area contributed by atoms with E-state index < -0.39 is 5.60 Å². The third kappa shape index (κ3) is 10.8. The van der Waals surface area contributed by atoms with Crippen molar-refractivity contribution in [2.45, 2.75) is 66.0 Å². The van der Waals surface area contributed by atoms with Gasteiger partial charge >= 0.3 is 6.09 Å². The predicted molar refractivity (Wildman–Crippen MR) is 80.4 cm³/mol. The third-order valence-electron chi connectivity index (χ3n) is 2.69. The van der Waals surface area contributed by atoms with Gasteiger partial charge in [-0.25, -0.2) is 4.79 Å². The van der Waals surface area contributed by atoms with Gasteiger partial charge in [-0.3, -0.25) is 0 Å². The summed E-state index contributed by atoms with van der Waals surface area (Å²) in [7, 11) is 1.78. The molecule has 19 heavy (non-hydrogen) atoms. The van der Waals surface area contributed by atoms with Crippen molar-refractivity contribution in [1.82, 2.24) is 10.2 Å². The molecule has 0 aromatic heterocycles. The van der Waals surface area contributed by atoms with Crippen molar-refractivity contribution < 1.29 is 9.53 Å². The van der Waals surface area contributed by atoms with E-state index in [0.29, 0.717) is 12.0 Å². The van der Waals surface area contributed by atoms with Crippen LogP contribution >= 0.6 is 0 Å². The highest BCUT2D eigenvalue weighted by Gasteiger charge is 2.19. The Hall–Kier alpha value is -0.770. The van der Waals surface area contributed by atoms with Crippen LogP contribution in [0.2, 0.25) is 0 Å². The number of hydrogen-bond donors (Lipinski definition) is 1. The zero-order chi connectivity index (χ0) is 15.1. The van der Waals surface area contributed by atoms with Crippen molar-refractivity contribution in [2.24, 2.45) is 5.92 Å². The molecule has 0 aliphatic carbocycles. The van der Waals surface area contributed by atoms with E-state index in [1.54, 1.807) is 11.9 Å². The van der Waals surface area contributed by atoms with Crippen LogP contribution in [0.5, 0.6) is 0 Å². The molecular formula is C15H32N2O2. The van der Waals surface area contributed by atoms with Crippen LogP contribution in [0.3, 0.4) is 0 Å². The highest BCUT2D eigenvalue weighted by molar-refractivity contribution is 5.67. The zero-order valence-corrected chi connectivity index (χ0v) is 13.7. The van der Waals surface area contributed by atoms with E-state index in [1.807, 2.05) is 20.8 Å². The van der Waals surface area contributed by atoms with E-state index in [0.717, 1.165) is 19.5 Å². The second-order valence-electron chi connectivity index (χ2n) is 6.74. The maximum Gasteiger partial charge on any atom is 0.410 e. The van der Waals surface area contributed by atoms with Gasteiger partial charge in [0.05, 0.1) is 0 Å². The van der Waals surface area contributed by atoms with Crippen LogP contribution in [0.15, 0.2) is 0 Å². The van der Waals surface area contributed by atoms with Gasteiger partial charge in [0.1, 0.15) is 5.60 Å². The largest absolute Gasteiger partial charge is 0.444 e. The maximum atomic E-state index is 11.7. The summed E-state index contributed by atoms with van der Waals surface area (Å²) in [5, 5.41) is 3.48. The van der Waals surface area contributed by atoms with Gasteiger partial charge in [-0.05, 0) is 53.0 Å². The molecular weight excluding hydrogens is 240 g/mol. The predicted octanol–water partition coefficient (Wildman–Crippen LogP) is 3.27. The molecule has 4 heteroatoms. The quantitative estimate of drug-likeness (QED) is 0.723. The Morgan fingerprint density at radius 1 is 1.26 bits per heavy atom. The van der Waals surface area contributed by atoms with E-state index in [1.165, 1.54) is 6.42 Å². The maximum absolute atomic E-state index is 11.7. The van der Waals surface area contributed by atoms with Crippen LogP contribution in [0.1, 0.15) is 54.4 Å². The Morgan fingerprint density at radius 3 is 2.32 bits per heavy atom. The summed E-state index contributed by atoms with van der Waals surface area (Å²) in [6, 6.07) is 0.534. The van der Waals surface area contributed by atoms with Gasteiger partial charge in [-0.2, -0.15) is 0 Å². The first-order valence-electron chi connectivity index (χ1n) is 7.29. The summed E-state index contributed by atoms with van der Waals surface area (Å²) >= 11 is 0. The monoisotopic (exact) mass is 272 g/mol. The summed E-state index contributed by atoms with van der Waals surface area (Å²) < 4.78 is 5.30. The first-order chi connectivity index (χ1) is 8.61. The molecule has 0 rings (SSSR count). The van der Waals surface area contributed by atoms with Crippen molar-refractivity contribution >= 4 is 6.09 Å². The normalized spacial score (nSPS) is 13.5. The second kappa shape index (κ2) is 8.41.